The summed E-state index contributed by atoms with van der Waals surface area (Å²) < 4.78 is 29.5. The maximum Gasteiger partial charge on any atom is 0.404 e. The quantitative estimate of drug-likeness (QED) is 0.211. The van der Waals surface area contributed by atoms with Crippen molar-refractivity contribution in [2.45, 2.75) is 44.8 Å². The van der Waals surface area contributed by atoms with E-state index in [4.69, 9.17) is 16.7 Å². The van der Waals surface area contributed by atoms with Gasteiger partial charge in [-0.2, -0.15) is 0 Å². The lowest BCUT2D eigenvalue weighted by atomic mass is 9.72. The van der Waals surface area contributed by atoms with Gasteiger partial charge in [-0.15, -0.1) is 0 Å². The molecule has 3 aromatic rings. The van der Waals surface area contributed by atoms with Crippen LogP contribution in [0.1, 0.15) is 52.7 Å². The average Bonchev–Trinajstić information content (AvgIpc) is 2.94. The van der Waals surface area contributed by atoms with Gasteiger partial charge in [-0.05, 0) is 92.2 Å². The number of aliphatic hydroxyl groups is 1. The summed E-state index contributed by atoms with van der Waals surface area (Å²) in [5.41, 5.74) is 1.25. The first-order chi connectivity index (χ1) is 20.0. The summed E-state index contributed by atoms with van der Waals surface area (Å²) in [6.07, 6.45) is 0.400. The van der Waals surface area contributed by atoms with Crippen molar-refractivity contribution in [3.63, 3.8) is 0 Å². The Morgan fingerprint density at radius 3 is 2.62 bits per heavy atom. The van der Waals surface area contributed by atoms with Crippen LogP contribution in [0.5, 0.6) is 0 Å². The third-order valence-electron chi connectivity index (χ3n) is 7.85. The molecule has 224 valence electrons. The van der Waals surface area contributed by atoms with E-state index in [0.717, 1.165) is 0 Å². The lowest BCUT2D eigenvalue weighted by molar-refractivity contribution is -0.0563. The molecule has 4 rings (SSSR count). The van der Waals surface area contributed by atoms with Crippen LogP contribution >= 0.6 is 11.6 Å². The zero-order chi connectivity index (χ0) is 30.4. The normalized spacial score (nSPS) is 16.6. The van der Waals surface area contributed by atoms with Crippen molar-refractivity contribution in [1.29, 1.82) is 0 Å². The number of carbonyl (C=O) groups is 2. The number of carbonyl (C=O) groups excluding carboxylic acids is 1. The summed E-state index contributed by atoms with van der Waals surface area (Å²) in [5.74, 6) is -2.00. The van der Waals surface area contributed by atoms with E-state index in [1.54, 1.807) is 49.2 Å². The van der Waals surface area contributed by atoms with E-state index in [2.05, 4.69) is 10.6 Å². The van der Waals surface area contributed by atoms with Crippen LogP contribution in [0.25, 0.3) is 11.1 Å². The van der Waals surface area contributed by atoms with Gasteiger partial charge in [-0.25, -0.2) is 13.6 Å². The van der Waals surface area contributed by atoms with Crippen LogP contribution in [-0.2, 0) is 12.1 Å². The number of carboxylic acid groups (broad SMARTS) is 1. The Bertz CT molecular complexity index is 1430. The number of halogens is 3. The molecule has 2 unspecified atom stereocenters. The molecule has 1 aliphatic heterocycles. The Morgan fingerprint density at radius 1 is 1.14 bits per heavy atom. The number of amides is 2. The molecular formula is C32H36ClF2N3O4. The highest BCUT2D eigenvalue weighted by Gasteiger charge is 2.43. The number of likely N-dealkylation sites (tertiary alicyclic amines) is 1. The van der Waals surface area contributed by atoms with Crippen LogP contribution in [0.4, 0.5) is 13.6 Å². The Labute approximate surface area is 249 Å². The zero-order valence-electron chi connectivity index (χ0n) is 23.7. The number of piperidine rings is 1. The van der Waals surface area contributed by atoms with Crippen LogP contribution in [0.3, 0.4) is 0 Å². The number of rotatable bonds is 10. The van der Waals surface area contributed by atoms with Gasteiger partial charge in [0.1, 0.15) is 11.6 Å². The molecule has 0 radical (unpaired) electrons. The SMILES string of the molecule is CNCc1ccc(C(=O)N2CCCC(C(O)(CCCNC(=O)O)c3cccc(Cl)c3-c3cc(C)cc(F)c3)C2)c(F)c1. The van der Waals surface area contributed by atoms with Gasteiger partial charge >= 0.3 is 6.09 Å². The van der Waals surface area contributed by atoms with Gasteiger partial charge in [0.25, 0.3) is 5.91 Å². The highest BCUT2D eigenvalue weighted by atomic mass is 35.5. The number of benzene rings is 3. The molecule has 0 bridgehead atoms. The molecule has 2 atom stereocenters. The lowest BCUT2D eigenvalue weighted by Gasteiger charge is -2.44. The van der Waals surface area contributed by atoms with E-state index >= 15 is 0 Å². The van der Waals surface area contributed by atoms with Crippen LogP contribution in [0.2, 0.25) is 5.02 Å². The topological polar surface area (TPSA) is 102 Å². The molecule has 3 aromatic carbocycles. The molecule has 1 fully saturated rings. The predicted octanol–water partition coefficient (Wildman–Crippen LogP) is 6.10. The number of hydrogen-bond donors (Lipinski definition) is 4. The Morgan fingerprint density at radius 2 is 1.93 bits per heavy atom. The highest BCUT2D eigenvalue weighted by molar-refractivity contribution is 6.33. The highest BCUT2D eigenvalue weighted by Crippen LogP contribution is 2.46. The Hall–Kier alpha value is -3.53. The predicted molar refractivity (Wildman–Crippen MR) is 159 cm³/mol. The van der Waals surface area contributed by atoms with Gasteiger partial charge in [0.2, 0.25) is 0 Å². The van der Waals surface area contributed by atoms with E-state index in [1.165, 1.54) is 24.3 Å². The molecule has 0 aliphatic carbocycles. The molecule has 10 heteroatoms. The van der Waals surface area contributed by atoms with Crippen LogP contribution < -0.4 is 10.6 Å². The number of hydrogen-bond acceptors (Lipinski definition) is 4. The molecule has 0 saturated carbocycles. The second kappa shape index (κ2) is 13.6. The minimum atomic E-state index is -1.56. The van der Waals surface area contributed by atoms with Gasteiger partial charge in [0, 0.05) is 42.7 Å². The fraction of sp³-hybridized carbons (Fsp3) is 0.375. The lowest BCUT2D eigenvalue weighted by Crippen LogP contribution is -2.48. The van der Waals surface area contributed by atoms with E-state index in [0.29, 0.717) is 65.2 Å². The molecule has 2 amide bonds. The van der Waals surface area contributed by atoms with Crippen molar-refractivity contribution in [1.82, 2.24) is 15.5 Å². The van der Waals surface area contributed by atoms with Crippen molar-refractivity contribution in [2.75, 3.05) is 26.7 Å². The number of nitrogens with one attached hydrogen (secondary N) is 2. The smallest absolute Gasteiger partial charge is 0.404 e. The summed E-state index contributed by atoms with van der Waals surface area (Å²) in [4.78, 5) is 26.1. The van der Waals surface area contributed by atoms with Gasteiger partial charge < -0.3 is 25.7 Å². The summed E-state index contributed by atoms with van der Waals surface area (Å²) in [6.45, 7) is 2.88. The van der Waals surface area contributed by atoms with E-state index in [1.807, 2.05) is 0 Å². The van der Waals surface area contributed by atoms with Gasteiger partial charge in [-0.1, -0.05) is 35.9 Å². The van der Waals surface area contributed by atoms with Crippen molar-refractivity contribution >= 4 is 23.6 Å². The molecule has 7 nitrogen and oxygen atoms in total. The second-order valence-electron chi connectivity index (χ2n) is 10.9. The fourth-order valence-corrected chi connectivity index (χ4v) is 6.22. The van der Waals surface area contributed by atoms with Crippen LogP contribution in [0.15, 0.2) is 54.6 Å². The molecule has 42 heavy (non-hydrogen) atoms. The fourth-order valence-electron chi connectivity index (χ4n) is 5.94. The monoisotopic (exact) mass is 599 g/mol. The number of nitrogens with zero attached hydrogens (tertiary/aromatic N) is 1. The van der Waals surface area contributed by atoms with E-state index in [-0.39, 0.29) is 25.1 Å². The average molecular weight is 600 g/mol. The first kappa shape index (κ1) is 31.4. The first-order valence-electron chi connectivity index (χ1n) is 14.0. The van der Waals surface area contributed by atoms with Crippen LogP contribution in [0, 0.1) is 24.5 Å². The van der Waals surface area contributed by atoms with Crippen molar-refractivity contribution < 1.29 is 28.6 Å². The zero-order valence-corrected chi connectivity index (χ0v) is 24.5. The van der Waals surface area contributed by atoms with Gasteiger partial charge in [-0.3, -0.25) is 4.79 Å². The van der Waals surface area contributed by atoms with Gasteiger partial charge in [0.05, 0.1) is 11.2 Å². The summed E-state index contributed by atoms with van der Waals surface area (Å²) in [6, 6.07) is 14.2. The maximum absolute atomic E-state index is 15.0. The molecule has 0 spiro atoms. The summed E-state index contributed by atoms with van der Waals surface area (Å²) in [7, 11) is 1.75. The minimum absolute atomic E-state index is 0.0385. The molecule has 0 aromatic heterocycles. The van der Waals surface area contributed by atoms with E-state index in [9.17, 15) is 23.5 Å². The third kappa shape index (κ3) is 7.09. The van der Waals surface area contributed by atoms with Crippen molar-refractivity contribution in [2.24, 2.45) is 5.92 Å². The molecule has 1 heterocycles. The minimum Gasteiger partial charge on any atom is -0.465 e. The number of aryl methyl sites for hydroxylation is 1. The summed E-state index contributed by atoms with van der Waals surface area (Å²) >= 11 is 6.69. The third-order valence-corrected chi connectivity index (χ3v) is 8.17. The first-order valence-corrected chi connectivity index (χ1v) is 14.4. The standard InChI is InChI=1S/C32H36ClF2N3O4/c1-20-14-22(17-24(34)15-20)29-26(7-3-8-27(29)33)32(42,11-5-12-37-31(40)41)23-6-4-13-38(19-23)30(39)25-10-9-21(18-36-2)16-28(25)35/h3,7-10,14-17,23,36-37,42H,4-6,11-13,18-19H2,1-2H3,(H,40,41). The van der Waals surface area contributed by atoms with Gasteiger partial charge in [0.15, 0.2) is 0 Å². The molecule has 1 saturated heterocycles. The van der Waals surface area contributed by atoms with E-state index < -0.39 is 35.2 Å². The second-order valence-corrected chi connectivity index (χ2v) is 11.3. The Kier molecular flexibility index (Phi) is 10.2. The van der Waals surface area contributed by atoms with Crippen molar-refractivity contribution in [3.8, 4) is 11.1 Å². The van der Waals surface area contributed by atoms with Crippen molar-refractivity contribution in [3.05, 3.63) is 93.5 Å². The molecule has 4 N–H and O–H groups in total. The molecular weight excluding hydrogens is 564 g/mol. The largest absolute Gasteiger partial charge is 0.465 e. The van der Waals surface area contributed by atoms with Crippen LogP contribution in [-0.4, -0.2) is 53.8 Å². The summed E-state index contributed by atoms with van der Waals surface area (Å²) in [5, 5.41) is 27.2. The maximum atomic E-state index is 15.0. The Balaban J connectivity index is 1.72. The molecule has 1 aliphatic rings.